The molecule has 1 atom stereocenters. The average molecular weight is 241 g/mol. The molecule has 1 rings (SSSR count). The van der Waals surface area contributed by atoms with Gasteiger partial charge in [-0.05, 0) is 53.4 Å². The van der Waals surface area contributed by atoms with Crippen molar-refractivity contribution in [2.45, 2.75) is 45.7 Å². The van der Waals surface area contributed by atoms with Gasteiger partial charge in [-0.3, -0.25) is 4.90 Å². The summed E-state index contributed by atoms with van der Waals surface area (Å²) >= 11 is 0. The number of rotatable bonds is 5. The van der Waals surface area contributed by atoms with Gasteiger partial charge in [-0.15, -0.1) is 0 Å². The minimum Gasteiger partial charge on any atom is -0.309 e. The lowest BCUT2D eigenvalue weighted by Gasteiger charge is -2.46. The van der Waals surface area contributed by atoms with Crippen molar-refractivity contribution >= 4 is 0 Å². The van der Waals surface area contributed by atoms with Gasteiger partial charge in [-0.25, -0.2) is 0 Å². The molecule has 0 aromatic rings. The van der Waals surface area contributed by atoms with E-state index in [9.17, 15) is 0 Å². The Kier molecular flexibility index (Phi) is 5.42. The molecule has 3 heteroatoms. The second-order valence-corrected chi connectivity index (χ2v) is 6.70. The third kappa shape index (κ3) is 4.94. The third-order valence-electron chi connectivity index (χ3n) is 3.68. The van der Waals surface area contributed by atoms with Gasteiger partial charge in [0.05, 0.1) is 0 Å². The predicted octanol–water partition coefficient (Wildman–Crippen LogP) is 1.65. The summed E-state index contributed by atoms with van der Waals surface area (Å²) in [6.45, 7) is 14.0. The standard InChI is InChI=1S/C14H31N3/c1-12(2)13-10-15-14(3,4)11-17(13)9-7-8-16(5)6/h12-13,15H,7-11H2,1-6H3. The van der Waals surface area contributed by atoms with Crippen LogP contribution in [-0.4, -0.2) is 61.7 Å². The van der Waals surface area contributed by atoms with E-state index < -0.39 is 0 Å². The van der Waals surface area contributed by atoms with Crippen LogP contribution in [0.2, 0.25) is 0 Å². The van der Waals surface area contributed by atoms with Crippen LogP contribution in [0.5, 0.6) is 0 Å². The van der Waals surface area contributed by atoms with E-state index in [2.05, 4.69) is 56.9 Å². The molecule has 0 aromatic carbocycles. The fourth-order valence-electron chi connectivity index (χ4n) is 2.68. The SMILES string of the molecule is CC(C)C1CNC(C)(C)CN1CCCN(C)C. The zero-order valence-corrected chi connectivity index (χ0v) is 12.6. The molecule has 0 amide bonds. The van der Waals surface area contributed by atoms with Gasteiger partial charge in [0.2, 0.25) is 0 Å². The van der Waals surface area contributed by atoms with E-state index >= 15 is 0 Å². The first-order valence-corrected chi connectivity index (χ1v) is 6.95. The Morgan fingerprint density at radius 1 is 1.35 bits per heavy atom. The van der Waals surface area contributed by atoms with Crippen LogP contribution in [0.1, 0.15) is 34.1 Å². The molecule has 1 heterocycles. The van der Waals surface area contributed by atoms with Gasteiger partial charge >= 0.3 is 0 Å². The first-order valence-electron chi connectivity index (χ1n) is 6.95. The van der Waals surface area contributed by atoms with Gasteiger partial charge in [-0.2, -0.15) is 0 Å². The molecule has 102 valence electrons. The van der Waals surface area contributed by atoms with E-state index in [1.807, 2.05) is 0 Å². The highest BCUT2D eigenvalue weighted by Crippen LogP contribution is 2.20. The highest BCUT2D eigenvalue weighted by molar-refractivity contribution is 4.93. The maximum absolute atomic E-state index is 3.67. The van der Waals surface area contributed by atoms with Crippen LogP contribution in [0.3, 0.4) is 0 Å². The van der Waals surface area contributed by atoms with Gasteiger partial charge in [0.1, 0.15) is 0 Å². The van der Waals surface area contributed by atoms with Crippen LogP contribution in [-0.2, 0) is 0 Å². The lowest BCUT2D eigenvalue weighted by Crippen LogP contribution is -2.63. The highest BCUT2D eigenvalue weighted by Gasteiger charge is 2.33. The largest absolute Gasteiger partial charge is 0.309 e. The maximum atomic E-state index is 3.67. The summed E-state index contributed by atoms with van der Waals surface area (Å²) in [5.41, 5.74) is 0.267. The van der Waals surface area contributed by atoms with Crippen LogP contribution >= 0.6 is 0 Å². The second-order valence-electron chi connectivity index (χ2n) is 6.70. The van der Waals surface area contributed by atoms with E-state index in [0.29, 0.717) is 6.04 Å². The fraction of sp³-hybridized carbons (Fsp3) is 1.00. The molecule has 1 aliphatic heterocycles. The molecule has 0 spiro atoms. The minimum atomic E-state index is 0.267. The zero-order valence-electron chi connectivity index (χ0n) is 12.6. The predicted molar refractivity (Wildman–Crippen MR) is 75.5 cm³/mol. The molecule has 1 N–H and O–H groups in total. The van der Waals surface area contributed by atoms with E-state index in [1.54, 1.807) is 0 Å². The van der Waals surface area contributed by atoms with E-state index in [0.717, 1.165) is 12.5 Å². The Bertz CT molecular complexity index is 224. The Morgan fingerprint density at radius 3 is 2.53 bits per heavy atom. The highest BCUT2D eigenvalue weighted by atomic mass is 15.3. The molecular formula is C14H31N3. The molecule has 1 unspecified atom stereocenters. The zero-order chi connectivity index (χ0) is 13.1. The summed E-state index contributed by atoms with van der Waals surface area (Å²) in [7, 11) is 4.31. The molecule has 1 fully saturated rings. The van der Waals surface area contributed by atoms with Crippen molar-refractivity contribution in [3.63, 3.8) is 0 Å². The Morgan fingerprint density at radius 2 is 2.00 bits per heavy atom. The maximum Gasteiger partial charge on any atom is 0.0252 e. The number of nitrogens with one attached hydrogen (secondary N) is 1. The minimum absolute atomic E-state index is 0.267. The number of hydrogen-bond donors (Lipinski definition) is 1. The summed E-state index contributed by atoms with van der Waals surface area (Å²) in [5.74, 6) is 0.734. The monoisotopic (exact) mass is 241 g/mol. The van der Waals surface area contributed by atoms with Crippen LogP contribution in [0.25, 0.3) is 0 Å². The molecule has 1 aliphatic rings. The molecule has 17 heavy (non-hydrogen) atoms. The molecule has 1 saturated heterocycles. The Hall–Kier alpha value is -0.120. The third-order valence-corrected chi connectivity index (χ3v) is 3.68. The van der Waals surface area contributed by atoms with Gasteiger partial charge in [0.15, 0.2) is 0 Å². The first kappa shape index (κ1) is 14.9. The van der Waals surface area contributed by atoms with Crippen molar-refractivity contribution in [3.8, 4) is 0 Å². The van der Waals surface area contributed by atoms with Crippen molar-refractivity contribution in [1.82, 2.24) is 15.1 Å². The Labute approximate surface area is 108 Å². The van der Waals surface area contributed by atoms with E-state index in [-0.39, 0.29) is 5.54 Å². The molecular weight excluding hydrogens is 210 g/mol. The molecule has 0 radical (unpaired) electrons. The summed E-state index contributed by atoms with van der Waals surface area (Å²) in [4.78, 5) is 4.96. The Balaban J connectivity index is 2.49. The van der Waals surface area contributed by atoms with Crippen molar-refractivity contribution < 1.29 is 0 Å². The first-order chi connectivity index (χ1) is 7.82. The summed E-state index contributed by atoms with van der Waals surface area (Å²) in [6.07, 6.45) is 1.27. The van der Waals surface area contributed by atoms with E-state index in [1.165, 1.54) is 26.1 Å². The molecule has 3 nitrogen and oxygen atoms in total. The average Bonchev–Trinajstić information content (AvgIpc) is 2.15. The number of piperazine rings is 1. The molecule has 0 saturated carbocycles. The molecule has 0 bridgehead atoms. The summed E-state index contributed by atoms with van der Waals surface area (Å²) in [6, 6.07) is 0.699. The van der Waals surface area contributed by atoms with Crippen LogP contribution in [0, 0.1) is 5.92 Å². The smallest absolute Gasteiger partial charge is 0.0252 e. The lowest BCUT2D eigenvalue weighted by molar-refractivity contribution is 0.0667. The van der Waals surface area contributed by atoms with Gasteiger partial charge in [0, 0.05) is 24.7 Å². The van der Waals surface area contributed by atoms with Crippen LogP contribution in [0.4, 0.5) is 0 Å². The topological polar surface area (TPSA) is 18.5 Å². The van der Waals surface area contributed by atoms with Gasteiger partial charge in [-0.1, -0.05) is 13.8 Å². The quantitative estimate of drug-likeness (QED) is 0.789. The number of hydrogen-bond acceptors (Lipinski definition) is 3. The van der Waals surface area contributed by atoms with Crippen molar-refractivity contribution in [1.29, 1.82) is 0 Å². The summed E-state index contributed by atoms with van der Waals surface area (Å²) in [5, 5.41) is 3.67. The van der Waals surface area contributed by atoms with Gasteiger partial charge in [0.25, 0.3) is 0 Å². The van der Waals surface area contributed by atoms with Crippen molar-refractivity contribution in [2.24, 2.45) is 5.92 Å². The van der Waals surface area contributed by atoms with Gasteiger partial charge < -0.3 is 10.2 Å². The second kappa shape index (κ2) is 6.17. The number of nitrogens with zero attached hydrogens (tertiary/aromatic N) is 2. The molecule has 0 aliphatic carbocycles. The van der Waals surface area contributed by atoms with Crippen LogP contribution < -0.4 is 5.32 Å². The van der Waals surface area contributed by atoms with Crippen LogP contribution in [0.15, 0.2) is 0 Å². The molecule has 0 aromatic heterocycles. The van der Waals surface area contributed by atoms with E-state index in [4.69, 9.17) is 0 Å². The normalized spacial score (nSPS) is 25.8. The summed E-state index contributed by atoms with van der Waals surface area (Å²) < 4.78 is 0. The lowest BCUT2D eigenvalue weighted by atomic mass is 9.93. The van der Waals surface area contributed by atoms with Crippen molar-refractivity contribution in [2.75, 3.05) is 40.3 Å². The fourth-order valence-corrected chi connectivity index (χ4v) is 2.68. The van der Waals surface area contributed by atoms with Crippen molar-refractivity contribution in [3.05, 3.63) is 0 Å².